The monoisotopic (exact) mass is 368 g/mol. The van der Waals surface area contributed by atoms with Gasteiger partial charge in [-0.1, -0.05) is 35.5 Å². The van der Waals surface area contributed by atoms with Crippen molar-refractivity contribution in [1.82, 2.24) is 15.5 Å². The van der Waals surface area contributed by atoms with Gasteiger partial charge < -0.3 is 14.9 Å². The number of aliphatic hydroxyl groups excluding tert-OH is 1. The van der Waals surface area contributed by atoms with E-state index in [0.717, 1.165) is 24.0 Å². The minimum absolute atomic E-state index is 0.0453. The minimum Gasteiger partial charge on any atom is -0.389 e. The number of hydrogen-bond acceptors (Lipinski definition) is 6. The van der Waals surface area contributed by atoms with E-state index in [0.29, 0.717) is 5.76 Å². The zero-order valence-corrected chi connectivity index (χ0v) is 15.5. The number of benzene rings is 1. The summed E-state index contributed by atoms with van der Waals surface area (Å²) < 4.78 is 5.27. The zero-order chi connectivity index (χ0) is 19.4. The van der Waals surface area contributed by atoms with Gasteiger partial charge >= 0.3 is 0 Å². The second-order valence-corrected chi connectivity index (χ2v) is 6.81. The number of hydrogen-bond donors (Lipinski definition) is 2. The minimum atomic E-state index is -0.532. The van der Waals surface area contributed by atoms with E-state index in [9.17, 15) is 9.90 Å². The standard InChI is InChI=1S/C20H24N4O3/c1-13(14(2)25)12-24(21-3)17-9-16(10-17)22-20(26)18-11-19(27-23-18)15-7-5-4-6-8-15/h4-8,11-12,14,16-17,25H,3,9-10H2,1-2H3,(H,22,26)/b13-12+/t14-,16?,17?/m0/s1. The molecule has 1 amide bonds. The molecule has 1 heterocycles. The number of aliphatic hydroxyl groups is 1. The van der Waals surface area contributed by atoms with Crippen LogP contribution in [0.25, 0.3) is 11.3 Å². The molecule has 1 aliphatic rings. The molecular weight excluding hydrogens is 344 g/mol. The summed E-state index contributed by atoms with van der Waals surface area (Å²) in [5, 5.41) is 22.2. The van der Waals surface area contributed by atoms with E-state index in [-0.39, 0.29) is 23.7 Å². The van der Waals surface area contributed by atoms with E-state index in [1.165, 1.54) is 0 Å². The van der Waals surface area contributed by atoms with Crippen LogP contribution in [0.4, 0.5) is 0 Å². The molecule has 27 heavy (non-hydrogen) atoms. The molecule has 3 rings (SSSR count). The first-order valence-corrected chi connectivity index (χ1v) is 8.92. The first kappa shape index (κ1) is 18.8. The fourth-order valence-corrected chi connectivity index (χ4v) is 2.88. The van der Waals surface area contributed by atoms with Gasteiger partial charge in [-0.15, -0.1) is 0 Å². The Balaban J connectivity index is 1.54. The van der Waals surface area contributed by atoms with Crippen LogP contribution in [-0.4, -0.2) is 46.1 Å². The van der Waals surface area contributed by atoms with Crippen LogP contribution in [0.15, 0.2) is 57.8 Å². The third-order valence-electron chi connectivity index (χ3n) is 4.78. The van der Waals surface area contributed by atoms with E-state index >= 15 is 0 Å². The van der Waals surface area contributed by atoms with Gasteiger partial charge in [-0.05, 0) is 32.3 Å². The third-order valence-corrected chi connectivity index (χ3v) is 4.78. The van der Waals surface area contributed by atoms with Crippen molar-refractivity contribution in [2.75, 3.05) is 0 Å². The summed E-state index contributed by atoms with van der Waals surface area (Å²) in [5.74, 6) is 0.311. The van der Waals surface area contributed by atoms with Crippen LogP contribution in [-0.2, 0) is 0 Å². The Hall–Kier alpha value is -2.93. The molecule has 0 spiro atoms. The van der Waals surface area contributed by atoms with E-state index < -0.39 is 6.10 Å². The lowest BCUT2D eigenvalue weighted by molar-refractivity contribution is 0.0842. The van der Waals surface area contributed by atoms with E-state index in [2.05, 4.69) is 22.3 Å². The lowest BCUT2D eigenvalue weighted by Crippen LogP contribution is -2.51. The van der Waals surface area contributed by atoms with E-state index in [1.807, 2.05) is 37.3 Å². The summed E-state index contributed by atoms with van der Waals surface area (Å²) >= 11 is 0. The number of carbonyl (C=O) groups excluding carboxylic acids is 1. The van der Waals surface area contributed by atoms with Crippen molar-refractivity contribution >= 4 is 12.6 Å². The van der Waals surface area contributed by atoms with Gasteiger partial charge in [0, 0.05) is 30.6 Å². The molecule has 7 nitrogen and oxygen atoms in total. The van der Waals surface area contributed by atoms with Crippen molar-refractivity contribution < 1.29 is 14.4 Å². The first-order chi connectivity index (χ1) is 13.0. The number of nitrogens with one attached hydrogen (secondary N) is 1. The van der Waals surface area contributed by atoms with Crippen molar-refractivity contribution in [3.63, 3.8) is 0 Å². The fourth-order valence-electron chi connectivity index (χ4n) is 2.88. The summed E-state index contributed by atoms with van der Waals surface area (Å²) in [7, 11) is 0. The molecule has 142 valence electrons. The number of nitrogens with zero attached hydrogens (tertiary/aromatic N) is 3. The maximum absolute atomic E-state index is 12.4. The molecule has 1 saturated carbocycles. The van der Waals surface area contributed by atoms with Gasteiger partial charge in [0.2, 0.25) is 0 Å². The summed E-state index contributed by atoms with van der Waals surface area (Å²) in [4.78, 5) is 12.4. The summed E-state index contributed by atoms with van der Waals surface area (Å²) in [6.45, 7) is 7.13. The van der Waals surface area contributed by atoms with Crippen LogP contribution >= 0.6 is 0 Å². The highest BCUT2D eigenvalue weighted by molar-refractivity contribution is 5.93. The summed E-state index contributed by atoms with van der Waals surface area (Å²) in [5.41, 5.74) is 1.95. The van der Waals surface area contributed by atoms with E-state index in [1.54, 1.807) is 24.2 Å². The Morgan fingerprint density at radius 3 is 2.78 bits per heavy atom. The molecule has 7 heteroatoms. The molecule has 0 bridgehead atoms. The Morgan fingerprint density at radius 1 is 1.44 bits per heavy atom. The van der Waals surface area contributed by atoms with Gasteiger partial charge in [-0.25, -0.2) is 0 Å². The number of amides is 1. The van der Waals surface area contributed by atoms with Crippen molar-refractivity contribution in [2.24, 2.45) is 5.10 Å². The molecule has 0 radical (unpaired) electrons. The highest BCUT2D eigenvalue weighted by Gasteiger charge is 2.34. The van der Waals surface area contributed by atoms with Crippen molar-refractivity contribution in [3.05, 3.63) is 53.9 Å². The SMILES string of the molecule is C=NN(/C=C(\C)[C@H](C)O)C1CC(NC(=O)c2cc(-c3ccccc3)on2)C1. The lowest BCUT2D eigenvalue weighted by atomic mass is 9.86. The normalized spacial score (nSPS) is 20.5. The molecule has 2 aromatic rings. The predicted octanol–water partition coefficient (Wildman–Crippen LogP) is 2.80. The smallest absolute Gasteiger partial charge is 0.273 e. The van der Waals surface area contributed by atoms with Crippen LogP contribution in [0.2, 0.25) is 0 Å². The predicted molar refractivity (Wildman–Crippen MR) is 103 cm³/mol. The average molecular weight is 368 g/mol. The van der Waals surface area contributed by atoms with Crippen LogP contribution in [0.5, 0.6) is 0 Å². The fraction of sp³-hybridized carbons (Fsp3) is 0.350. The lowest BCUT2D eigenvalue weighted by Gasteiger charge is -2.40. The van der Waals surface area contributed by atoms with Crippen molar-refractivity contribution in [2.45, 2.75) is 44.9 Å². The molecule has 1 aliphatic carbocycles. The molecule has 0 saturated heterocycles. The van der Waals surface area contributed by atoms with Gasteiger partial charge in [0.1, 0.15) is 0 Å². The number of carbonyl (C=O) groups is 1. The summed E-state index contributed by atoms with van der Waals surface area (Å²) in [6.07, 6.45) is 2.76. The van der Waals surface area contributed by atoms with E-state index in [4.69, 9.17) is 4.52 Å². The summed E-state index contributed by atoms with van der Waals surface area (Å²) in [6, 6.07) is 11.4. The van der Waals surface area contributed by atoms with Gasteiger partial charge in [-0.3, -0.25) is 9.80 Å². The maximum atomic E-state index is 12.4. The molecule has 0 aliphatic heterocycles. The van der Waals surface area contributed by atoms with Crippen LogP contribution in [0.1, 0.15) is 37.2 Å². The quantitative estimate of drug-likeness (QED) is 0.579. The number of aromatic nitrogens is 1. The second-order valence-electron chi connectivity index (χ2n) is 6.81. The topological polar surface area (TPSA) is 91.0 Å². The second kappa shape index (κ2) is 8.18. The van der Waals surface area contributed by atoms with Gasteiger partial charge in [0.25, 0.3) is 5.91 Å². The zero-order valence-electron chi connectivity index (χ0n) is 15.5. The maximum Gasteiger partial charge on any atom is 0.273 e. The average Bonchev–Trinajstić information content (AvgIpc) is 3.13. The molecule has 1 aromatic heterocycles. The first-order valence-electron chi connectivity index (χ1n) is 8.92. The Morgan fingerprint density at radius 2 is 2.15 bits per heavy atom. The van der Waals surface area contributed by atoms with Gasteiger partial charge in [0.05, 0.1) is 12.1 Å². The van der Waals surface area contributed by atoms with Gasteiger partial charge in [0.15, 0.2) is 11.5 Å². The van der Waals surface area contributed by atoms with Crippen molar-refractivity contribution in [1.29, 1.82) is 0 Å². The van der Waals surface area contributed by atoms with Crippen LogP contribution in [0, 0.1) is 0 Å². The highest BCUT2D eigenvalue weighted by atomic mass is 16.5. The molecule has 0 unspecified atom stereocenters. The Kier molecular flexibility index (Phi) is 5.71. The molecule has 2 N–H and O–H groups in total. The number of rotatable bonds is 7. The molecule has 1 aromatic carbocycles. The third kappa shape index (κ3) is 4.43. The Bertz CT molecular complexity index is 823. The largest absolute Gasteiger partial charge is 0.389 e. The van der Waals surface area contributed by atoms with Gasteiger partial charge in [-0.2, -0.15) is 5.10 Å². The number of hydrazone groups is 1. The van der Waals surface area contributed by atoms with Crippen LogP contribution in [0.3, 0.4) is 0 Å². The Labute approximate surface area is 158 Å². The molecule has 1 atom stereocenters. The molecule has 1 fully saturated rings. The van der Waals surface area contributed by atoms with Crippen LogP contribution < -0.4 is 5.32 Å². The highest BCUT2D eigenvalue weighted by Crippen LogP contribution is 2.27. The van der Waals surface area contributed by atoms with Crippen molar-refractivity contribution in [3.8, 4) is 11.3 Å². The molecular formula is C20H24N4O3.